The van der Waals surface area contributed by atoms with Crippen LogP contribution in [0.15, 0.2) is 41.4 Å². The highest BCUT2D eigenvalue weighted by Gasteiger charge is 1.86. The van der Waals surface area contributed by atoms with E-state index in [-0.39, 0.29) is 0 Å². The van der Waals surface area contributed by atoms with Gasteiger partial charge in [0.2, 0.25) is 0 Å². The van der Waals surface area contributed by atoms with E-state index in [4.69, 9.17) is 4.42 Å². The average molecular weight is 120 g/mol. The zero-order valence-electron chi connectivity index (χ0n) is 5.13. The van der Waals surface area contributed by atoms with Crippen LogP contribution in [0.5, 0.6) is 0 Å². The van der Waals surface area contributed by atoms with Crippen molar-refractivity contribution in [2.45, 2.75) is 6.42 Å². The van der Waals surface area contributed by atoms with Crippen molar-refractivity contribution in [1.82, 2.24) is 0 Å². The van der Waals surface area contributed by atoms with Gasteiger partial charge in [-0.2, -0.15) is 0 Å². The quantitative estimate of drug-likeness (QED) is 0.545. The van der Waals surface area contributed by atoms with Crippen LogP contribution < -0.4 is 0 Å². The molecule has 0 unspecified atom stereocenters. The normalized spacial score (nSPS) is 8.44. The minimum Gasteiger partial charge on any atom is -0.472 e. The van der Waals surface area contributed by atoms with E-state index in [1.54, 1.807) is 12.5 Å². The molecular formula is C8H8O. The topological polar surface area (TPSA) is 13.1 Å². The molecule has 0 bridgehead atoms. The van der Waals surface area contributed by atoms with Crippen LogP contribution in [0.1, 0.15) is 5.56 Å². The fraction of sp³-hybridized carbons (Fsp3) is 0.125. The Balaban J connectivity index is 2.57. The smallest absolute Gasteiger partial charge is 0.0937 e. The molecular weight excluding hydrogens is 112 g/mol. The zero-order chi connectivity index (χ0) is 6.53. The molecule has 0 fully saturated rings. The molecule has 0 amide bonds. The Labute approximate surface area is 54.3 Å². The Morgan fingerprint density at radius 3 is 3.22 bits per heavy atom. The summed E-state index contributed by atoms with van der Waals surface area (Å²) < 4.78 is 4.84. The van der Waals surface area contributed by atoms with Crippen LogP contribution in [-0.2, 0) is 6.42 Å². The minimum atomic E-state index is 0.861. The van der Waals surface area contributed by atoms with Gasteiger partial charge >= 0.3 is 0 Å². The first-order valence-electron chi connectivity index (χ1n) is 2.79. The van der Waals surface area contributed by atoms with Crippen molar-refractivity contribution in [1.29, 1.82) is 0 Å². The Kier molecular flexibility index (Phi) is 1.95. The molecule has 1 rings (SSSR count). The molecule has 1 heterocycles. The Morgan fingerprint density at radius 1 is 1.78 bits per heavy atom. The van der Waals surface area contributed by atoms with Crippen LogP contribution in [0.4, 0.5) is 0 Å². The van der Waals surface area contributed by atoms with Crippen LogP contribution in [-0.4, -0.2) is 0 Å². The molecule has 0 aliphatic rings. The van der Waals surface area contributed by atoms with Crippen molar-refractivity contribution >= 4 is 0 Å². The van der Waals surface area contributed by atoms with Gasteiger partial charge in [0.1, 0.15) is 0 Å². The van der Waals surface area contributed by atoms with Gasteiger partial charge < -0.3 is 4.42 Å². The summed E-state index contributed by atoms with van der Waals surface area (Å²) in [4.78, 5) is 0. The molecule has 0 aliphatic carbocycles. The standard InChI is InChI=1S/C8H8O/c1-2-3-4-8-5-6-9-7-8/h3,5-7H,1,4H2. The number of allylic oxidation sites excluding steroid dienone is 1. The van der Waals surface area contributed by atoms with Crippen molar-refractivity contribution in [3.63, 3.8) is 0 Å². The van der Waals surface area contributed by atoms with Crippen LogP contribution >= 0.6 is 0 Å². The highest BCUT2D eigenvalue weighted by atomic mass is 16.3. The average Bonchev–Trinajstić information content (AvgIpc) is 2.34. The van der Waals surface area contributed by atoms with Gasteiger partial charge in [0.15, 0.2) is 0 Å². The second-order valence-electron chi connectivity index (χ2n) is 1.74. The molecule has 0 spiro atoms. The summed E-state index contributed by atoms with van der Waals surface area (Å²) in [6, 6.07) is 1.92. The second kappa shape index (κ2) is 2.95. The van der Waals surface area contributed by atoms with Crippen molar-refractivity contribution in [2.24, 2.45) is 0 Å². The predicted octanol–water partition coefficient (Wildman–Crippen LogP) is 2.16. The van der Waals surface area contributed by atoms with Crippen LogP contribution in [0, 0.1) is 0 Å². The van der Waals surface area contributed by atoms with E-state index < -0.39 is 0 Å². The third-order valence-corrected chi connectivity index (χ3v) is 1.06. The van der Waals surface area contributed by atoms with E-state index in [1.165, 1.54) is 0 Å². The van der Waals surface area contributed by atoms with Crippen LogP contribution in [0.3, 0.4) is 0 Å². The Hall–Kier alpha value is -1.20. The SMILES string of the molecule is C=C=CCc1ccoc1. The van der Waals surface area contributed by atoms with Gasteiger partial charge in [-0.05, 0) is 17.7 Å². The summed E-state index contributed by atoms with van der Waals surface area (Å²) in [6.07, 6.45) is 6.10. The first kappa shape index (κ1) is 5.93. The Bertz CT molecular complexity index is 202. The molecule has 1 heteroatoms. The van der Waals surface area contributed by atoms with E-state index in [0.29, 0.717) is 0 Å². The molecule has 0 saturated heterocycles. The fourth-order valence-electron chi connectivity index (χ4n) is 0.599. The molecule has 1 aromatic heterocycles. The molecule has 46 valence electrons. The maximum Gasteiger partial charge on any atom is 0.0937 e. The predicted molar refractivity (Wildman–Crippen MR) is 36.1 cm³/mol. The maximum atomic E-state index is 4.84. The van der Waals surface area contributed by atoms with Crippen LogP contribution in [0.2, 0.25) is 0 Å². The lowest BCUT2D eigenvalue weighted by Crippen LogP contribution is -1.70. The molecule has 0 atom stereocenters. The van der Waals surface area contributed by atoms with Gasteiger partial charge in [-0.25, -0.2) is 0 Å². The van der Waals surface area contributed by atoms with Gasteiger partial charge in [0.25, 0.3) is 0 Å². The van der Waals surface area contributed by atoms with Gasteiger partial charge in [-0.15, -0.1) is 5.73 Å². The van der Waals surface area contributed by atoms with Crippen molar-refractivity contribution in [3.8, 4) is 0 Å². The molecule has 1 nitrogen and oxygen atoms in total. The number of hydrogen-bond acceptors (Lipinski definition) is 1. The third kappa shape index (κ3) is 1.63. The first-order chi connectivity index (χ1) is 4.43. The largest absolute Gasteiger partial charge is 0.472 e. The van der Waals surface area contributed by atoms with Crippen molar-refractivity contribution in [3.05, 3.63) is 42.5 Å². The first-order valence-corrected chi connectivity index (χ1v) is 2.79. The fourth-order valence-corrected chi connectivity index (χ4v) is 0.599. The summed E-state index contributed by atoms with van der Waals surface area (Å²) in [7, 11) is 0. The monoisotopic (exact) mass is 120 g/mol. The van der Waals surface area contributed by atoms with E-state index >= 15 is 0 Å². The molecule has 0 radical (unpaired) electrons. The van der Waals surface area contributed by atoms with E-state index in [9.17, 15) is 0 Å². The highest BCUT2D eigenvalue weighted by molar-refractivity contribution is 5.09. The van der Waals surface area contributed by atoms with Gasteiger partial charge in [-0.3, -0.25) is 0 Å². The van der Waals surface area contributed by atoms with Crippen LogP contribution in [0.25, 0.3) is 0 Å². The van der Waals surface area contributed by atoms with E-state index in [1.807, 2.05) is 12.1 Å². The minimum absolute atomic E-state index is 0.861. The summed E-state index contributed by atoms with van der Waals surface area (Å²) >= 11 is 0. The molecule has 0 saturated carbocycles. The number of furan rings is 1. The lowest BCUT2D eigenvalue weighted by Gasteiger charge is -1.79. The molecule has 0 aliphatic heterocycles. The van der Waals surface area contributed by atoms with Gasteiger partial charge in [-0.1, -0.05) is 6.58 Å². The molecule has 9 heavy (non-hydrogen) atoms. The number of rotatable bonds is 2. The Morgan fingerprint density at radius 2 is 2.67 bits per heavy atom. The summed E-state index contributed by atoms with van der Waals surface area (Å²) in [5.41, 5.74) is 3.85. The van der Waals surface area contributed by atoms with Crippen molar-refractivity contribution < 1.29 is 4.42 Å². The molecule has 1 aromatic rings. The molecule has 0 aromatic carbocycles. The van der Waals surface area contributed by atoms with Gasteiger partial charge in [0.05, 0.1) is 12.5 Å². The summed E-state index contributed by atoms with van der Waals surface area (Å²) in [5.74, 6) is 0. The van der Waals surface area contributed by atoms with Crippen molar-refractivity contribution in [2.75, 3.05) is 0 Å². The molecule has 0 N–H and O–H groups in total. The number of hydrogen-bond donors (Lipinski definition) is 0. The zero-order valence-corrected chi connectivity index (χ0v) is 5.13. The maximum absolute atomic E-state index is 4.84. The summed E-state index contributed by atoms with van der Waals surface area (Å²) in [5, 5.41) is 0. The lowest BCUT2D eigenvalue weighted by atomic mass is 10.2. The highest BCUT2D eigenvalue weighted by Crippen LogP contribution is 2.00. The second-order valence-corrected chi connectivity index (χ2v) is 1.74. The summed E-state index contributed by atoms with van der Waals surface area (Å²) in [6.45, 7) is 3.45. The van der Waals surface area contributed by atoms with E-state index in [2.05, 4.69) is 12.3 Å². The lowest BCUT2D eigenvalue weighted by molar-refractivity contribution is 0.565. The van der Waals surface area contributed by atoms with Gasteiger partial charge in [0, 0.05) is 6.42 Å². The third-order valence-electron chi connectivity index (χ3n) is 1.06. The van der Waals surface area contributed by atoms with E-state index in [0.717, 1.165) is 12.0 Å².